The van der Waals surface area contributed by atoms with Gasteiger partial charge in [-0.2, -0.15) is 4.37 Å². The number of rotatable bonds is 3. The number of aromatic nitrogens is 2. The molecule has 0 bridgehead atoms. The van der Waals surface area contributed by atoms with Gasteiger partial charge in [0.15, 0.2) is 17.3 Å². The van der Waals surface area contributed by atoms with E-state index in [0.29, 0.717) is 17.3 Å². The zero-order valence-corrected chi connectivity index (χ0v) is 9.25. The van der Waals surface area contributed by atoms with Crippen LogP contribution in [0.5, 0.6) is 11.5 Å². The molecule has 0 saturated heterocycles. The van der Waals surface area contributed by atoms with Crippen molar-refractivity contribution in [3.8, 4) is 22.9 Å². The highest BCUT2D eigenvalue weighted by Gasteiger charge is 2.07. The third-order valence-electron chi connectivity index (χ3n) is 2.00. The fourth-order valence-corrected chi connectivity index (χ4v) is 1.72. The minimum atomic E-state index is 0.685. The van der Waals surface area contributed by atoms with Crippen molar-refractivity contribution < 1.29 is 9.47 Å². The molecule has 0 aliphatic heterocycles. The summed E-state index contributed by atoms with van der Waals surface area (Å²) in [7, 11) is 3.22. The molecule has 0 radical (unpaired) electrons. The molecule has 0 aliphatic carbocycles. The quantitative estimate of drug-likeness (QED) is 0.798. The summed E-state index contributed by atoms with van der Waals surface area (Å²) in [5.74, 6) is 2.10. The summed E-state index contributed by atoms with van der Waals surface area (Å²) in [6.07, 6.45) is 0. The molecular weight excluding hydrogens is 212 g/mol. The van der Waals surface area contributed by atoms with Crippen LogP contribution in [0.15, 0.2) is 23.7 Å². The molecule has 2 rings (SSSR count). The normalized spacial score (nSPS) is 10.0. The van der Waals surface area contributed by atoms with Gasteiger partial charge >= 0.3 is 0 Å². The number of ether oxygens (including phenoxy) is 2. The zero-order valence-electron chi connectivity index (χ0n) is 8.43. The van der Waals surface area contributed by atoms with Gasteiger partial charge in [-0.25, -0.2) is 4.98 Å². The smallest absolute Gasteiger partial charge is 0.172 e. The molecular formula is C10H10N2O2S. The van der Waals surface area contributed by atoms with Crippen LogP contribution < -0.4 is 9.47 Å². The first kappa shape index (κ1) is 9.92. The van der Waals surface area contributed by atoms with Crippen LogP contribution in [0, 0.1) is 0 Å². The Hall–Kier alpha value is -1.62. The highest BCUT2D eigenvalue weighted by Crippen LogP contribution is 2.30. The summed E-state index contributed by atoms with van der Waals surface area (Å²) >= 11 is 1.32. The van der Waals surface area contributed by atoms with Crippen molar-refractivity contribution in [1.29, 1.82) is 0 Å². The third kappa shape index (κ3) is 1.92. The topological polar surface area (TPSA) is 44.2 Å². The van der Waals surface area contributed by atoms with E-state index >= 15 is 0 Å². The Morgan fingerprint density at radius 3 is 2.53 bits per heavy atom. The Kier molecular flexibility index (Phi) is 2.82. The molecule has 1 aromatic carbocycles. The van der Waals surface area contributed by atoms with E-state index in [2.05, 4.69) is 9.36 Å². The van der Waals surface area contributed by atoms with Crippen LogP contribution in [0.4, 0.5) is 0 Å². The van der Waals surface area contributed by atoms with Crippen molar-refractivity contribution in [3.05, 3.63) is 23.7 Å². The van der Waals surface area contributed by atoms with Crippen molar-refractivity contribution in [2.24, 2.45) is 0 Å². The van der Waals surface area contributed by atoms with Gasteiger partial charge in [-0.3, -0.25) is 0 Å². The van der Waals surface area contributed by atoms with Gasteiger partial charge < -0.3 is 9.47 Å². The first-order valence-electron chi connectivity index (χ1n) is 4.34. The SMILES string of the molecule is COc1ccc(-c2ncsn2)cc1OC. The minimum absolute atomic E-state index is 0.685. The van der Waals surface area contributed by atoms with Gasteiger partial charge in [0.1, 0.15) is 5.51 Å². The predicted molar refractivity (Wildman–Crippen MR) is 58.4 cm³/mol. The van der Waals surface area contributed by atoms with E-state index < -0.39 is 0 Å². The molecule has 0 atom stereocenters. The first-order valence-corrected chi connectivity index (χ1v) is 5.17. The van der Waals surface area contributed by atoms with Crippen molar-refractivity contribution >= 4 is 11.5 Å². The summed E-state index contributed by atoms with van der Waals surface area (Å²) in [6, 6.07) is 5.61. The Morgan fingerprint density at radius 2 is 1.93 bits per heavy atom. The lowest BCUT2D eigenvalue weighted by Crippen LogP contribution is -1.91. The summed E-state index contributed by atoms with van der Waals surface area (Å²) in [4.78, 5) is 4.13. The molecule has 0 saturated carbocycles. The van der Waals surface area contributed by atoms with Crippen LogP contribution in [0.25, 0.3) is 11.4 Å². The Balaban J connectivity index is 2.43. The monoisotopic (exact) mass is 222 g/mol. The molecule has 0 unspecified atom stereocenters. The van der Waals surface area contributed by atoms with Crippen LogP contribution in [0.3, 0.4) is 0 Å². The van der Waals surface area contributed by atoms with Gasteiger partial charge in [-0.1, -0.05) is 0 Å². The highest BCUT2D eigenvalue weighted by atomic mass is 32.1. The first-order chi connectivity index (χ1) is 7.35. The van der Waals surface area contributed by atoms with Crippen LogP contribution in [0.2, 0.25) is 0 Å². The van der Waals surface area contributed by atoms with Crippen molar-refractivity contribution in [3.63, 3.8) is 0 Å². The number of benzene rings is 1. The van der Waals surface area contributed by atoms with Gasteiger partial charge in [0.05, 0.1) is 14.2 Å². The molecule has 5 heteroatoms. The molecule has 0 amide bonds. The van der Waals surface area contributed by atoms with Crippen molar-refractivity contribution in [2.75, 3.05) is 14.2 Å². The highest BCUT2D eigenvalue weighted by molar-refractivity contribution is 7.03. The van der Waals surface area contributed by atoms with Crippen molar-refractivity contribution in [1.82, 2.24) is 9.36 Å². The lowest BCUT2D eigenvalue weighted by Gasteiger charge is -2.07. The minimum Gasteiger partial charge on any atom is -0.493 e. The van der Waals surface area contributed by atoms with Crippen LogP contribution in [-0.2, 0) is 0 Å². The fourth-order valence-electron chi connectivity index (χ4n) is 1.27. The zero-order chi connectivity index (χ0) is 10.7. The maximum absolute atomic E-state index is 5.20. The number of hydrogen-bond donors (Lipinski definition) is 0. The summed E-state index contributed by atoms with van der Waals surface area (Å²) in [5.41, 5.74) is 2.63. The van der Waals surface area contributed by atoms with E-state index in [1.165, 1.54) is 11.5 Å². The summed E-state index contributed by atoms with van der Waals surface area (Å²) < 4.78 is 14.5. The average Bonchev–Trinajstić information content (AvgIpc) is 2.81. The molecule has 15 heavy (non-hydrogen) atoms. The predicted octanol–water partition coefficient (Wildman–Crippen LogP) is 2.22. The Morgan fingerprint density at radius 1 is 1.13 bits per heavy atom. The molecule has 1 heterocycles. The molecule has 1 aromatic heterocycles. The van der Waals surface area contributed by atoms with E-state index in [9.17, 15) is 0 Å². The molecule has 4 nitrogen and oxygen atoms in total. The summed E-state index contributed by atoms with van der Waals surface area (Å²) in [5, 5.41) is 0. The Labute approximate surface area is 91.7 Å². The van der Waals surface area contributed by atoms with Gasteiger partial charge in [-0.15, -0.1) is 0 Å². The fraction of sp³-hybridized carbons (Fsp3) is 0.200. The second kappa shape index (κ2) is 4.27. The second-order valence-corrected chi connectivity index (χ2v) is 3.43. The van der Waals surface area contributed by atoms with Crippen molar-refractivity contribution in [2.45, 2.75) is 0 Å². The van der Waals surface area contributed by atoms with E-state index in [1.807, 2.05) is 18.2 Å². The van der Waals surface area contributed by atoms with E-state index in [1.54, 1.807) is 19.7 Å². The lowest BCUT2D eigenvalue weighted by atomic mass is 10.2. The van der Waals surface area contributed by atoms with Crippen LogP contribution >= 0.6 is 11.5 Å². The largest absolute Gasteiger partial charge is 0.493 e. The van der Waals surface area contributed by atoms with Gasteiger partial charge in [-0.05, 0) is 29.7 Å². The second-order valence-electron chi connectivity index (χ2n) is 2.82. The number of hydrogen-bond acceptors (Lipinski definition) is 5. The lowest BCUT2D eigenvalue weighted by molar-refractivity contribution is 0.355. The van der Waals surface area contributed by atoms with Gasteiger partial charge in [0.25, 0.3) is 0 Å². The molecule has 2 aromatic rings. The maximum Gasteiger partial charge on any atom is 0.172 e. The molecule has 78 valence electrons. The Bertz CT molecular complexity index is 443. The van der Waals surface area contributed by atoms with E-state index in [0.717, 1.165) is 5.56 Å². The third-order valence-corrected chi connectivity index (χ3v) is 2.48. The number of methoxy groups -OCH3 is 2. The molecule has 0 spiro atoms. The van der Waals surface area contributed by atoms with E-state index in [4.69, 9.17) is 9.47 Å². The molecule has 0 fully saturated rings. The summed E-state index contributed by atoms with van der Waals surface area (Å²) in [6.45, 7) is 0. The van der Waals surface area contributed by atoms with Gasteiger partial charge in [0.2, 0.25) is 0 Å². The molecule has 0 aliphatic rings. The van der Waals surface area contributed by atoms with Crippen LogP contribution in [0.1, 0.15) is 0 Å². The standard InChI is InChI=1S/C10H10N2O2S/c1-13-8-4-3-7(5-9(8)14-2)10-11-6-15-12-10/h3-6H,1-2H3. The molecule has 0 N–H and O–H groups in total. The van der Waals surface area contributed by atoms with E-state index in [-0.39, 0.29) is 0 Å². The maximum atomic E-state index is 5.20. The average molecular weight is 222 g/mol. The number of nitrogens with zero attached hydrogens (tertiary/aromatic N) is 2. The van der Waals surface area contributed by atoms with Gasteiger partial charge in [0, 0.05) is 5.56 Å². The van der Waals surface area contributed by atoms with Crippen LogP contribution in [-0.4, -0.2) is 23.6 Å².